The zero-order valence-electron chi connectivity index (χ0n) is 9.81. The molecule has 1 heterocycles. The molecule has 0 aliphatic heterocycles. The summed E-state index contributed by atoms with van der Waals surface area (Å²) in [6.45, 7) is 2.99. The van der Waals surface area contributed by atoms with Crippen LogP contribution in [0, 0.1) is 5.92 Å². The fourth-order valence-corrected chi connectivity index (χ4v) is 1.60. The van der Waals surface area contributed by atoms with Gasteiger partial charge in [-0.3, -0.25) is 0 Å². The average molecular weight is 235 g/mol. The van der Waals surface area contributed by atoms with Crippen LogP contribution in [0.15, 0.2) is 22.6 Å². The standard InChI is InChI=1S/C12H17N3O2/c1-8(4-5-16)7-14-12-15-10-3-2-9(13)6-11(10)17-12/h2-3,6,8,16H,4-5,7,13H2,1H3,(H,14,15). The Morgan fingerprint density at radius 1 is 1.53 bits per heavy atom. The van der Waals surface area contributed by atoms with E-state index in [2.05, 4.69) is 17.2 Å². The van der Waals surface area contributed by atoms with E-state index in [0.29, 0.717) is 23.2 Å². The number of hydrogen-bond acceptors (Lipinski definition) is 5. The van der Waals surface area contributed by atoms with Gasteiger partial charge in [-0.2, -0.15) is 4.98 Å². The monoisotopic (exact) mass is 235 g/mol. The van der Waals surface area contributed by atoms with Crippen LogP contribution >= 0.6 is 0 Å². The third-order valence-electron chi connectivity index (χ3n) is 2.64. The van der Waals surface area contributed by atoms with Gasteiger partial charge in [0.2, 0.25) is 0 Å². The van der Waals surface area contributed by atoms with Crippen molar-refractivity contribution >= 4 is 22.8 Å². The number of rotatable bonds is 5. The molecule has 1 unspecified atom stereocenters. The van der Waals surface area contributed by atoms with Gasteiger partial charge in [0.05, 0.1) is 0 Å². The van der Waals surface area contributed by atoms with Crippen molar-refractivity contribution < 1.29 is 9.52 Å². The first-order valence-electron chi connectivity index (χ1n) is 5.70. The highest BCUT2D eigenvalue weighted by molar-refractivity contribution is 5.78. The second kappa shape index (κ2) is 5.05. The Kier molecular flexibility index (Phi) is 3.49. The zero-order valence-corrected chi connectivity index (χ0v) is 9.81. The second-order valence-corrected chi connectivity index (χ2v) is 4.24. The van der Waals surface area contributed by atoms with Crippen LogP contribution in [0.3, 0.4) is 0 Å². The van der Waals surface area contributed by atoms with Gasteiger partial charge in [-0.05, 0) is 24.5 Å². The topological polar surface area (TPSA) is 84.3 Å². The van der Waals surface area contributed by atoms with E-state index in [1.807, 2.05) is 6.07 Å². The Morgan fingerprint density at radius 3 is 3.12 bits per heavy atom. The lowest BCUT2D eigenvalue weighted by atomic mass is 10.1. The van der Waals surface area contributed by atoms with Gasteiger partial charge in [0, 0.05) is 24.9 Å². The van der Waals surface area contributed by atoms with Crippen LogP contribution in [0.4, 0.5) is 11.7 Å². The third kappa shape index (κ3) is 2.88. The van der Waals surface area contributed by atoms with E-state index >= 15 is 0 Å². The molecule has 4 N–H and O–H groups in total. The highest BCUT2D eigenvalue weighted by atomic mass is 16.4. The van der Waals surface area contributed by atoms with E-state index < -0.39 is 0 Å². The van der Waals surface area contributed by atoms with Crippen LogP contribution in [0.5, 0.6) is 0 Å². The van der Waals surface area contributed by atoms with Gasteiger partial charge in [0.15, 0.2) is 5.58 Å². The van der Waals surface area contributed by atoms with Gasteiger partial charge in [0.1, 0.15) is 5.52 Å². The Morgan fingerprint density at radius 2 is 2.35 bits per heavy atom. The minimum atomic E-state index is 0.201. The smallest absolute Gasteiger partial charge is 0.295 e. The maximum Gasteiger partial charge on any atom is 0.295 e. The molecule has 0 radical (unpaired) electrons. The van der Waals surface area contributed by atoms with Gasteiger partial charge in [-0.25, -0.2) is 0 Å². The third-order valence-corrected chi connectivity index (χ3v) is 2.64. The Hall–Kier alpha value is -1.75. The zero-order chi connectivity index (χ0) is 12.3. The lowest BCUT2D eigenvalue weighted by Crippen LogP contribution is -2.12. The Bertz CT molecular complexity index is 495. The summed E-state index contributed by atoms with van der Waals surface area (Å²) in [5.74, 6) is 0.375. The molecule has 1 aromatic carbocycles. The molecule has 0 spiro atoms. The van der Waals surface area contributed by atoms with Gasteiger partial charge < -0.3 is 20.6 Å². The predicted octanol–water partition coefficient (Wildman–Crippen LogP) is 1.84. The van der Waals surface area contributed by atoms with Gasteiger partial charge in [-0.1, -0.05) is 6.92 Å². The molecule has 0 aliphatic carbocycles. The summed E-state index contributed by atoms with van der Waals surface area (Å²) < 4.78 is 5.51. The number of nitrogens with one attached hydrogen (secondary N) is 1. The van der Waals surface area contributed by atoms with Crippen molar-refractivity contribution in [2.24, 2.45) is 5.92 Å². The predicted molar refractivity (Wildman–Crippen MR) is 67.8 cm³/mol. The highest BCUT2D eigenvalue weighted by Gasteiger charge is 2.07. The number of benzene rings is 1. The van der Waals surface area contributed by atoms with Crippen molar-refractivity contribution in [3.05, 3.63) is 18.2 Å². The van der Waals surface area contributed by atoms with E-state index in [0.717, 1.165) is 18.5 Å². The molecule has 1 aromatic heterocycles. The summed E-state index contributed by atoms with van der Waals surface area (Å²) in [7, 11) is 0. The minimum Gasteiger partial charge on any atom is -0.423 e. The molecule has 0 amide bonds. The van der Waals surface area contributed by atoms with Crippen LogP contribution in [0.2, 0.25) is 0 Å². The first kappa shape index (κ1) is 11.7. The van der Waals surface area contributed by atoms with Gasteiger partial charge in [0.25, 0.3) is 6.01 Å². The summed E-state index contributed by atoms with van der Waals surface area (Å²) in [4.78, 5) is 4.29. The number of aliphatic hydroxyl groups excluding tert-OH is 1. The second-order valence-electron chi connectivity index (χ2n) is 4.24. The number of nitrogen functional groups attached to an aromatic ring is 1. The molecule has 1 atom stereocenters. The van der Waals surface area contributed by atoms with E-state index in [9.17, 15) is 0 Å². The molecule has 0 bridgehead atoms. The Labute approximate surface area is 99.6 Å². The number of aromatic nitrogens is 1. The maximum absolute atomic E-state index is 8.80. The molecule has 0 saturated heterocycles. The molecule has 0 fully saturated rings. The average Bonchev–Trinajstić information content (AvgIpc) is 2.68. The molecule has 0 saturated carbocycles. The van der Waals surface area contributed by atoms with Crippen LogP contribution in [0.25, 0.3) is 11.1 Å². The molecule has 17 heavy (non-hydrogen) atoms. The molecule has 5 heteroatoms. The molecular formula is C12H17N3O2. The van der Waals surface area contributed by atoms with Crippen LogP contribution in [-0.2, 0) is 0 Å². The number of nitrogens with zero attached hydrogens (tertiary/aromatic N) is 1. The van der Waals surface area contributed by atoms with Crippen LogP contribution < -0.4 is 11.1 Å². The summed E-state index contributed by atoms with van der Waals surface area (Å²) in [5.41, 5.74) is 7.79. The highest BCUT2D eigenvalue weighted by Crippen LogP contribution is 2.21. The fraction of sp³-hybridized carbons (Fsp3) is 0.417. The quantitative estimate of drug-likeness (QED) is 0.689. The summed E-state index contributed by atoms with van der Waals surface area (Å²) >= 11 is 0. The maximum atomic E-state index is 8.80. The molecule has 0 aliphatic rings. The molecule has 2 rings (SSSR count). The molecule has 5 nitrogen and oxygen atoms in total. The number of hydrogen-bond donors (Lipinski definition) is 3. The largest absolute Gasteiger partial charge is 0.423 e. The fourth-order valence-electron chi connectivity index (χ4n) is 1.60. The minimum absolute atomic E-state index is 0.201. The van der Waals surface area contributed by atoms with Crippen molar-refractivity contribution in [2.45, 2.75) is 13.3 Å². The molecular weight excluding hydrogens is 218 g/mol. The SMILES string of the molecule is CC(CCO)CNc1nc2ccc(N)cc2o1. The molecule has 92 valence electrons. The van der Waals surface area contributed by atoms with E-state index in [1.54, 1.807) is 12.1 Å². The van der Waals surface area contributed by atoms with E-state index in [1.165, 1.54) is 0 Å². The van der Waals surface area contributed by atoms with Gasteiger partial charge in [-0.15, -0.1) is 0 Å². The van der Waals surface area contributed by atoms with Crippen molar-refractivity contribution in [3.63, 3.8) is 0 Å². The summed E-state index contributed by atoms with van der Waals surface area (Å²) in [6.07, 6.45) is 0.764. The normalized spacial score (nSPS) is 12.8. The van der Waals surface area contributed by atoms with E-state index in [4.69, 9.17) is 15.3 Å². The number of nitrogens with two attached hydrogens (primary N) is 1. The summed E-state index contributed by atoms with van der Waals surface area (Å²) in [5, 5.41) is 11.9. The molecule has 2 aromatic rings. The number of oxazole rings is 1. The number of fused-ring (bicyclic) bond motifs is 1. The number of aliphatic hydroxyl groups is 1. The van der Waals surface area contributed by atoms with Gasteiger partial charge >= 0.3 is 0 Å². The van der Waals surface area contributed by atoms with Crippen molar-refractivity contribution in [2.75, 3.05) is 24.2 Å². The summed E-state index contributed by atoms with van der Waals surface area (Å²) in [6, 6.07) is 5.87. The lowest BCUT2D eigenvalue weighted by molar-refractivity contribution is 0.265. The number of anilines is 2. The first-order valence-corrected chi connectivity index (χ1v) is 5.70. The lowest BCUT2D eigenvalue weighted by Gasteiger charge is -2.08. The van der Waals surface area contributed by atoms with Crippen molar-refractivity contribution in [3.8, 4) is 0 Å². The van der Waals surface area contributed by atoms with Crippen molar-refractivity contribution in [1.82, 2.24) is 4.98 Å². The van der Waals surface area contributed by atoms with Crippen LogP contribution in [-0.4, -0.2) is 23.2 Å². The Balaban J connectivity index is 2.04. The first-order chi connectivity index (χ1) is 8.19. The van der Waals surface area contributed by atoms with Crippen molar-refractivity contribution in [1.29, 1.82) is 0 Å². The van der Waals surface area contributed by atoms with E-state index in [-0.39, 0.29) is 6.61 Å². The van der Waals surface area contributed by atoms with Crippen LogP contribution in [0.1, 0.15) is 13.3 Å².